The van der Waals surface area contributed by atoms with E-state index < -0.39 is 5.97 Å². The maximum atomic E-state index is 11.7. The summed E-state index contributed by atoms with van der Waals surface area (Å²) in [5, 5.41) is 8.48. The molecule has 7 nitrogen and oxygen atoms in total. The first-order valence-electron chi connectivity index (χ1n) is 5.87. The van der Waals surface area contributed by atoms with Crippen molar-refractivity contribution in [3.05, 3.63) is 0 Å². The first kappa shape index (κ1) is 14.3. The Balaban J connectivity index is 2.27. The number of hydrogen-bond donors (Lipinski definition) is 1. The average Bonchev–Trinajstić information content (AvgIpc) is 2.37. The molecule has 0 aromatic heterocycles. The third kappa shape index (κ3) is 4.23. The zero-order valence-corrected chi connectivity index (χ0v) is 10.4. The maximum Gasteiger partial charge on any atom is 0.409 e. The van der Waals surface area contributed by atoms with E-state index in [1.54, 1.807) is 9.80 Å². The molecule has 102 valence electrons. The number of methoxy groups -OCH3 is 1. The second-order valence-electron chi connectivity index (χ2n) is 4.09. The van der Waals surface area contributed by atoms with E-state index in [1.165, 1.54) is 7.11 Å². The standard InChI is InChI=1S/C11H18N2O5/c1-18-11(17)13-7-5-12(6-8-13)9(14)3-2-4-10(15)16/h2-8H2,1H3,(H,15,16). The van der Waals surface area contributed by atoms with Crippen molar-refractivity contribution in [2.24, 2.45) is 0 Å². The highest BCUT2D eigenvalue weighted by molar-refractivity contribution is 5.77. The maximum absolute atomic E-state index is 11.7. The van der Waals surface area contributed by atoms with Gasteiger partial charge in [0, 0.05) is 39.0 Å². The van der Waals surface area contributed by atoms with Crippen LogP contribution < -0.4 is 0 Å². The smallest absolute Gasteiger partial charge is 0.409 e. The van der Waals surface area contributed by atoms with E-state index in [0.29, 0.717) is 32.6 Å². The summed E-state index contributed by atoms with van der Waals surface area (Å²) in [4.78, 5) is 36.5. The summed E-state index contributed by atoms with van der Waals surface area (Å²) in [5.41, 5.74) is 0. The third-order valence-corrected chi connectivity index (χ3v) is 2.85. The third-order valence-electron chi connectivity index (χ3n) is 2.85. The molecule has 7 heteroatoms. The Morgan fingerprint density at radius 1 is 1.06 bits per heavy atom. The second-order valence-corrected chi connectivity index (χ2v) is 4.09. The van der Waals surface area contributed by atoms with E-state index in [2.05, 4.69) is 4.74 Å². The number of nitrogens with zero attached hydrogens (tertiary/aromatic N) is 2. The Hall–Kier alpha value is -1.79. The molecule has 1 saturated heterocycles. The van der Waals surface area contributed by atoms with E-state index in [9.17, 15) is 14.4 Å². The van der Waals surface area contributed by atoms with Crippen molar-refractivity contribution in [2.75, 3.05) is 33.3 Å². The Bertz CT molecular complexity index is 323. The molecular formula is C11H18N2O5. The lowest BCUT2D eigenvalue weighted by Crippen LogP contribution is -2.50. The van der Waals surface area contributed by atoms with Gasteiger partial charge in [-0.05, 0) is 6.42 Å². The van der Waals surface area contributed by atoms with Crippen LogP contribution in [0.25, 0.3) is 0 Å². The molecule has 0 saturated carbocycles. The summed E-state index contributed by atoms with van der Waals surface area (Å²) >= 11 is 0. The number of carbonyl (C=O) groups is 3. The normalized spacial score (nSPS) is 15.4. The SMILES string of the molecule is COC(=O)N1CCN(C(=O)CCCC(=O)O)CC1. The molecule has 1 heterocycles. The molecule has 1 rings (SSSR count). The molecule has 18 heavy (non-hydrogen) atoms. The van der Waals surface area contributed by atoms with Gasteiger partial charge in [0.1, 0.15) is 0 Å². The minimum Gasteiger partial charge on any atom is -0.481 e. The van der Waals surface area contributed by atoms with Gasteiger partial charge in [-0.2, -0.15) is 0 Å². The number of piperazine rings is 1. The van der Waals surface area contributed by atoms with Gasteiger partial charge in [0.05, 0.1) is 7.11 Å². The molecule has 0 aliphatic carbocycles. The van der Waals surface area contributed by atoms with Crippen molar-refractivity contribution in [1.82, 2.24) is 9.80 Å². The zero-order chi connectivity index (χ0) is 13.5. The van der Waals surface area contributed by atoms with Crippen molar-refractivity contribution in [3.63, 3.8) is 0 Å². The van der Waals surface area contributed by atoms with Crippen LogP contribution in [0.5, 0.6) is 0 Å². The Labute approximate surface area is 105 Å². The van der Waals surface area contributed by atoms with Gasteiger partial charge in [0.2, 0.25) is 5.91 Å². The summed E-state index contributed by atoms with van der Waals surface area (Å²) in [7, 11) is 1.33. The van der Waals surface area contributed by atoms with Crippen LogP contribution in [0.1, 0.15) is 19.3 Å². The van der Waals surface area contributed by atoms with Gasteiger partial charge in [-0.3, -0.25) is 9.59 Å². The summed E-state index contributed by atoms with van der Waals surface area (Å²) in [6.07, 6.45) is 0.219. The molecule has 0 radical (unpaired) electrons. The van der Waals surface area contributed by atoms with E-state index in [1.807, 2.05) is 0 Å². The Kier molecular flexibility index (Phi) is 5.41. The van der Waals surface area contributed by atoms with E-state index in [4.69, 9.17) is 5.11 Å². The average molecular weight is 258 g/mol. The Morgan fingerprint density at radius 3 is 2.11 bits per heavy atom. The number of carbonyl (C=O) groups excluding carboxylic acids is 2. The lowest BCUT2D eigenvalue weighted by molar-refractivity contribution is -0.137. The van der Waals surface area contributed by atoms with Crippen molar-refractivity contribution in [1.29, 1.82) is 0 Å². The van der Waals surface area contributed by atoms with Crippen LogP contribution >= 0.6 is 0 Å². The van der Waals surface area contributed by atoms with Gasteiger partial charge in [0.25, 0.3) is 0 Å². The van der Waals surface area contributed by atoms with Crippen LogP contribution in [0.4, 0.5) is 4.79 Å². The van der Waals surface area contributed by atoms with Gasteiger partial charge in [-0.25, -0.2) is 4.79 Å². The van der Waals surface area contributed by atoms with Gasteiger partial charge in [-0.1, -0.05) is 0 Å². The van der Waals surface area contributed by atoms with E-state index in [0.717, 1.165) is 0 Å². The van der Waals surface area contributed by atoms with E-state index in [-0.39, 0.29) is 24.8 Å². The number of aliphatic carboxylic acids is 1. The predicted molar refractivity (Wildman–Crippen MR) is 62.0 cm³/mol. The van der Waals surface area contributed by atoms with Gasteiger partial charge >= 0.3 is 12.1 Å². The minimum atomic E-state index is -0.890. The highest BCUT2D eigenvalue weighted by Crippen LogP contribution is 2.07. The van der Waals surface area contributed by atoms with Crippen LogP contribution in [-0.4, -0.2) is 66.2 Å². The summed E-state index contributed by atoms with van der Waals surface area (Å²) in [5.74, 6) is -0.945. The summed E-state index contributed by atoms with van der Waals surface area (Å²) in [6.45, 7) is 1.86. The van der Waals surface area contributed by atoms with Crippen molar-refractivity contribution in [3.8, 4) is 0 Å². The molecule has 0 atom stereocenters. The zero-order valence-electron chi connectivity index (χ0n) is 10.4. The molecule has 1 fully saturated rings. The molecule has 0 bridgehead atoms. The van der Waals surface area contributed by atoms with Gasteiger partial charge in [-0.15, -0.1) is 0 Å². The summed E-state index contributed by atoms with van der Waals surface area (Å²) < 4.78 is 4.59. The lowest BCUT2D eigenvalue weighted by Gasteiger charge is -2.33. The first-order valence-corrected chi connectivity index (χ1v) is 5.87. The number of amides is 2. The van der Waals surface area contributed by atoms with E-state index >= 15 is 0 Å². The quantitative estimate of drug-likeness (QED) is 0.775. The second kappa shape index (κ2) is 6.83. The predicted octanol–water partition coefficient (Wildman–Crippen LogP) is 0.152. The van der Waals surface area contributed by atoms with Gasteiger partial charge < -0.3 is 19.6 Å². The number of ether oxygens (including phenoxy) is 1. The topological polar surface area (TPSA) is 87.2 Å². The van der Waals surface area contributed by atoms with Crippen molar-refractivity contribution >= 4 is 18.0 Å². The lowest BCUT2D eigenvalue weighted by atomic mass is 10.2. The van der Waals surface area contributed by atoms with Crippen LogP contribution in [0.15, 0.2) is 0 Å². The molecule has 0 aromatic carbocycles. The fraction of sp³-hybridized carbons (Fsp3) is 0.727. The molecule has 2 amide bonds. The molecule has 1 aliphatic rings. The molecule has 1 aliphatic heterocycles. The minimum absolute atomic E-state index is 0.00780. The number of rotatable bonds is 4. The Morgan fingerprint density at radius 2 is 1.61 bits per heavy atom. The molecular weight excluding hydrogens is 240 g/mol. The monoisotopic (exact) mass is 258 g/mol. The van der Waals surface area contributed by atoms with Gasteiger partial charge in [0.15, 0.2) is 0 Å². The fourth-order valence-corrected chi connectivity index (χ4v) is 1.82. The first-order chi connectivity index (χ1) is 8.54. The molecule has 0 spiro atoms. The van der Waals surface area contributed by atoms with Crippen LogP contribution in [-0.2, 0) is 14.3 Å². The fourth-order valence-electron chi connectivity index (χ4n) is 1.82. The molecule has 1 N–H and O–H groups in total. The van der Waals surface area contributed by atoms with Crippen molar-refractivity contribution < 1.29 is 24.2 Å². The molecule has 0 aromatic rings. The largest absolute Gasteiger partial charge is 0.481 e. The number of hydrogen-bond acceptors (Lipinski definition) is 4. The molecule has 0 unspecified atom stereocenters. The number of carboxylic acid groups (broad SMARTS) is 1. The summed E-state index contributed by atoms with van der Waals surface area (Å²) in [6, 6.07) is 0. The number of carboxylic acids is 1. The van der Waals surface area contributed by atoms with Crippen molar-refractivity contribution in [2.45, 2.75) is 19.3 Å². The van der Waals surface area contributed by atoms with Crippen LogP contribution in [0, 0.1) is 0 Å². The van der Waals surface area contributed by atoms with Crippen LogP contribution in [0.3, 0.4) is 0 Å². The highest BCUT2D eigenvalue weighted by Gasteiger charge is 2.24. The van der Waals surface area contributed by atoms with Crippen LogP contribution in [0.2, 0.25) is 0 Å². The highest BCUT2D eigenvalue weighted by atomic mass is 16.5.